The largest absolute Gasteiger partial charge is 0.474 e. The predicted molar refractivity (Wildman–Crippen MR) is 72.5 cm³/mol. The normalized spacial score (nSPS) is 10.6. The minimum atomic E-state index is -0.457. The number of nitro groups is 1. The highest BCUT2D eigenvalue weighted by Crippen LogP contribution is 2.25. The van der Waals surface area contributed by atoms with Crippen LogP contribution in [0.25, 0.3) is 0 Å². The molecule has 0 unspecified atom stereocenters. The maximum Gasteiger partial charge on any atom is 0.342 e. The molecule has 2 aromatic heterocycles. The molecule has 102 valence electrons. The van der Waals surface area contributed by atoms with E-state index < -0.39 is 4.92 Å². The first-order valence-corrected chi connectivity index (χ1v) is 6.85. The van der Waals surface area contributed by atoms with Gasteiger partial charge in [0.15, 0.2) is 11.7 Å². The lowest BCUT2D eigenvalue weighted by atomic mass is 10.2. The number of nitrogens with zero attached hydrogens (tertiary/aromatic N) is 3. The molecule has 2 heterocycles. The van der Waals surface area contributed by atoms with Crippen molar-refractivity contribution in [2.75, 3.05) is 0 Å². The van der Waals surface area contributed by atoms with Crippen LogP contribution in [0.5, 0.6) is 5.06 Å². The van der Waals surface area contributed by atoms with E-state index in [1.54, 1.807) is 7.05 Å². The van der Waals surface area contributed by atoms with Gasteiger partial charge in [-0.3, -0.25) is 0 Å². The van der Waals surface area contributed by atoms with Crippen molar-refractivity contribution in [1.82, 2.24) is 9.55 Å². The Labute approximate surface area is 114 Å². The van der Waals surface area contributed by atoms with Crippen molar-refractivity contribution in [1.29, 1.82) is 0 Å². The van der Waals surface area contributed by atoms with Gasteiger partial charge >= 0.3 is 5.82 Å². The smallest absolute Gasteiger partial charge is 0.342 e. The lowest BCUT2D eigenvalue weighted by molar-refractivity contribution is -0.391. The Morgan fingerprint density at radius 1 is 1.58 bits per heavy atom. The van der Waals surface area contributed by atoms with Gasteiger partial charge in [-0.05, 0) is 28.4 Å². The summed E-state index contributed by atoms with van der Waals surface area (Å²) in [7, 11) is 1.61. The molecule has 0 aromatic carbocycles. The van der Waals surface area contributed by atoms with Crippen molar-refractivity contribution in [3.8, 4) is 5.06 Å². The number of imidazole rings is 1. The van der Waals surface area contributed by atoms with Gasteiger partial charge in [0.2, 0.25) is 5.82 Å². The Morgan fingerprint density at radius 3 is 3.00 bits per heavy atom. The zero-order chi connectivity index (χ0) is 13.8. The number of aromatic nitrogens is 2. The third-order valence-corrected chi connectivity index (χ3v) is 3.65. The fraction of sp³-hybridized carbons (Fsp3) is 0.417. The van der Waals surface area contributed by atoms with Gasteiger partial charge in [-0.1, -0.05) is 13.3 Å². The van der Waals surface area contributed by atoms with Crippen LogP contribution in [0.15, 0.2) is 17.6 Å². The average Bonchev–Trinajstić information content (AvgIpc) is 2.94. The summed E-state index contributed by atoms with van der Waals surface area (Å²) in [5.41, 5.74) is 1.26. The lowest BCUT2D eigenvalue weighted by Gasteiger charge is -2.01. The molecule has 0 spiro atoms. The van der Waals surface area contributed by atoms with Crippen LogP contribution >= 0.6 is 11.3 Å². The van der Waals surface area contributed by atoms with Crippen molar-refractivity contribution in [2.45, 2.75) is 26.4 Å². The summed E-state index contributed by atoms with van der Waals surface area (Å²) in [5, 5.41) is 13.6. The first-order valence-electron chi connectivity index (χ1n) is 5.97. The zero-order valence-corrected chi connectivity index (χ0v) is 11.6. The van der Waals surface area contributed by atoms with Gasteiger partial charge in [-0.15, -0.1) is 11.3 Å². The average molecular weight is 281 g/mol. The number of aryl methyl sites for hydroxylation is 1. The maximum absolute atomic E-state index is 10.7. The highest BCUT2D eigenvalue weighted by molar-refractivity contribution is 7.12. The highest BCUT2D eigenvalue weighted by Gasteiger charge is 2.16. The SMILES string of the molecule is CCCc1csc(OCc2ncc([N+](=O)[O-])n2C)c1. The summed E-state index contributed by atoms with van der Waals surface area (Å²) in [6, 6.07) is 2.01. The number of hydrogen-bond donors (Lipinski definition) is 0. The molecular formula is C12H15N3O3S. The Balaban J connectivity index is 2.00. The summed E-state index contributed by atoms with van der Waals surface area (Å²) in [6.45, 7) is 2.36. The van der Waals surface area contributed by atoms with E-state index in [4.69, 9.17) is 4.74 Å². The molecule has 0 fully saturated rings. The first-order chi connectivity index (χ1) is 9.11. The third kappa shape index (κ3) is 3.11. The van der Waals surface area contributed by atoms with Crippen molar-refractivity contribution < 1.29 is 9.66 Å². The summed E-state index contributed by atoms with van der Waals surface area (Å²) in [6.07, 6.45) is 3.38. The number of ether oxygens (including phenoxy) is 1. The van der Waals surface area contributed by atoms with Gasteiger partial charge in [-0.2, -0.15) is 0 Å². The van der Waals surface area contributed by atoms with Crippen LogP contribution in [-0.2, 0) is 20.1 Å². The van der Waals surface area contributed by atoms with E-state index in [0.717, 1.165) is 17.9 Å². The molecule has 0 aliphatic carbocycles. The Hall–Kier alpha value is -1.89. The van der Waals surface area contributed by atoms with Crippen LogP contribution < -0.4 is 4.74 Å². The Morgan fingerprint density at radius 2 is 2.37 bits per heavy atom. The zero-order valence-electron chi connectivity index (χ0n) is 10.8. The highest BCUT2D eigenvalue weighted by atomic mass is 32.1. The van der Waals surface area contributed by atoms with Gasteiger partial charge in [0.1, 0.15) is 6.20 Å². The molecular weight excluding hydrogens is 266 g/mol. The minimum absolute atomic E-state index is 0.0311. The predicted octanol–water partition coefficient (Wildman–Crippen LogP) is 2.92. The molecule has 7 heteroatoms. The van der Waals surface area contributed by atoms with Gasteiger partial charge in [0.25, 0.3) is 0 Å². The minimum Gasteiger partial charge on any atom is -0.474 e. The molecule has 2 rings (SSSR count). The molecule has 0 saturated carbocycles. The van der Waals surface area contributed by atoms with Gasteiger partial charge in [0, 0.05) is 0 Å². The fourth-order valence-electron chi connectivity index (χ4n) is 1.73. The molecule has 0 aliphatic rings. The van der Waals surface area contributed by atoms with Crippen molar-refractivity contribution in [3.05, 3.63) is 39.1 Å². The van der Waals surface area contributed by atoms with Crippen LogP contribution in [0.1, 0.15) is 24.7 Å². The second-order valence-corrected chi connectivity index (χ2v) is 5.04. The monoisotopic (exact) mass is 281 g/mol. The van der Waals surface area contributed by atoms with Gasteiger partial charge in [-0.25, -0.2) is 9.55 Å². The molecule has 0 amide bonds. The molecule has 0 atom stereocenters. The third-order valence-electron chi connectivity index (χ3n) is 2.76. The quantitative estimate of drug-likeness (QED) is 0.603. The van der Waals surface area contributed by atoms with E-state index in [2.05, 4.69) is 17.3 Å². The molecule has 0 bridgehead atoms. The Bertz CT molecular complexity index is 577. The van der Waals surface area contributed by atoms with Crippen LogP contribution in [0.2, 0.25) is 0 Å². The molecule has 6 nitrogen and oxygen atoms in total. The molecule has 19 heavy (non-hydrogen) atoms. The van der Waals surface area contributed by atoms with Crippen LogP contribution in [0.3, 0.4) is 0 Å². The second kappa shape index (κ2) is 5.83. The second-order valence-electron chi connectivity index (χ2n) is 4.16. The lowest BCUT2D eigenvalue weighted by Crippen LogP contribution is -2.05. The van der Waals surface area contributed by atoms with Crippen LogP contribution in [0, 0.1) is 10.1 Å². The molecule has 0 saturated heterocycles. The van der Waals surface area contributed by atoms with Crippen LogP contribution in [-0.4, -0.2) is 14.5 Å². The summed E-state index contributed by atoms with van der Waals surface area (Å²) in [5.74, 6) is 0.508. The van der Waals surface area contributed by atoms with Crippen molar-refractivity contribution in [2.24, 2.45) is 7.05 Å². The Kier molecular flexibility index (Phi) is 4.16. The van der Waals surface area contributed by atoms with Crippen molar-refractivity contribution in [3.63, 3.8) is 0 Å². The summed E-state index contributed by atoms with van der Waals surface area (Å²) >= 11 is 1.53. The molecule has 0 aliphatic heterocycles. The standard InChI is InChI=1S/C12H15N3O3S/c1-3-4-9-5-12(19-8-9)18-7-10-13-6-11(14(10)2)15(16)17/h5-6,8H,3-4,7H2,1-2H3. The summed E-state index contributed by atoms with van der Waals surface area (Å²) < 4.78 is 7.04. The van der Waals surface area contributed by atoms with E-state index in [1.807, 2.05) is 6.07 Å². The topological polar surface area (TPSA) is 70.2 Å². The van der Waals surface area contributed by atoms with E-state index in [-0.39, 0.29) is 12.4 Å². The molecule has 0 N–H and O–H groups in total. The van der Waals surface area contributed by atoms with E-state index >= 15 is 0 Å². The van der Waals surface area contributed by atoms with Crippen molar-refractivity contribution >= 4 is 17.2 Å². The van der Waals surface area contributed by atoms with E-state index in [0.29, 0.717) is 5.82 Å². The maximum atomic E-state index is 10.7. The number of hydrogen-bond acceptors (Lipinski definition) is 5. The number of rotatable bonds is 6. The molecule has 0 radical (unpaired) electrons. The van der Waals surface area contributed by atoms with Gasteiger partial charge < -0.3 is 14.9 Å². The first kappa shape index (κ1) is 13.5. The fourth-order valence-corrected chi connectivity index (χ4v) is 2.53. The summed E-state index contributed by atoms with van der Waals surface area (Å²) in [4.78, 5) is 14.2. The van der Waals surface area contributed by atoms with Gasteiger partial charge in [0.05, 0.1) is 7.05 Å². The van der Waals surface area contributed by atoms with E-state index in [9.17, 15) is 10.1 Å². The molecule has 2 aromatic rings. The number of thiophene rings is 1. The van der Waals surface area contributed by atoms with Crippen LogP contribution in [0.4, 0.5) is 5.82 Å². The van der Waals surface area contributed by atoms with E-state index in [1.165, 1.54) is 27.7 Å².